The summed E-state index contributed by atoms with van der Waals surface area (Å²) in [4.78, 5) is 0. The van der Waals surface area contributed by atoms with Crippen LogP contribution < -0.4 is 4.74 Å². The first kappa shape index (κ1) is 15.5. The Morgan fingerprint density at radius 3 is 1.72 bits per heavy atom. The van der Waals surface area contributed by atoms with Crippen LogP contribution in [0, 0.1) is 0 Å². The molecule has 1 aliphatic rings. The Labute approximate surface area is 143 Å². The van der Waals surface area contributed by atoms with Crippen molar-refractivity contribution in [3.63, 3.8) is 0 Å². The van der Waals surface area contributed by atoms with E-state index in [1.165, 1.54) is 12.1 Å². The zero-order valence-corrected chi connectivity index (χ0v) is 13.0. The molecule has 4 heteroatoms. The van der Waals surface area contributed by atoms with Crippen LogP contribution in [0.1, 0.15) is 22.3 Å². The fourth-order valence-electron chi connectivity index (χ4n) is 2.91. The number of alkyl halides is 3. The van der Waals surface area contributed by atoms with Gasteiger partial charge in [-0.05, 0) is 41.5 Å². The van der Waals surface area contributed by atoms with Crippen molar-refractivity contribution in [2.45, 2.75) is 6.18 Å². The standard InChI is InChI=1S/C21H13F3O/c22-21(23,24)15-11-9-14(10-12-15)13-18-16-5-1-3-7-19(16)25-20-8-4-2-6-17(18)20/h1-13H. The van der Waals surface area contributed by atoms with Gasteiger partial charge in [0.2, 0.25) is 0 Å². The zero-order valence-electron chi connectivity index (χ0n) is 13.0. The van der Waals surface area contributed by atoms with Crippen molar-refractivity contribution in [2.75, 3.05) is 0 Å². The summed E-state index contributed by atoms with van der Waals surface area (Å²) >= 11 is 0. The van der Waals surface area contributed by atoms with Gasteiger partial charge in [0.1, 0.15) is 11.5 Å². The monoisotopic (exact) mass is 338 g/mol. The van der Waals surface area contributed by atoms with Gasteiger partial charge in [0, 0.05) is 11.1 Å². The molecular formula is C21H13F3O. The molecule has 1 aliphatic heterocycles. The Morgan fingerprint density at radius 2 is 1.20 bits per heavy atom. The highest BCUT2D eigenvalue weighted by Crippen LogP contribution is 2.44. The van der Waals surface area contributed by atoms with E-state index in [0.717, 1.165) is 40.3 Å². The van der Waals surface area contributed by atoms with E-state index in [1.807, 2.05) is 54.6 Å². The van der Waals surface area contributed by atoms with Crippen LogP contribution in [-0.4, -0.2) is 0 Å². The number of benzene rings is 3. The third kappa shape index (κ3) is 2.91. The fraction of sp³-hybridized carbons (Fsp3) is 0.0476. The van der Waals surface area contributed by atoms with Crippen LogP contribution in [0.5, 0.6) is 11.5 Å². The third-order valence-corrected chi connectivity index (χ3v) is 4.12. The lowest BCUT2D eigenvalue weighted by atomic mass is 9.92. The molecule has 0 saturated heterocycles. The van der Waals surface area contributed by atoms with Gasteiger partial charge in [-0.1, -0.05) is 48.5 Å². The molecule has 4 rings (SSSR count). The van der Waals surface area contributed by atoms with Crippen LogP contribution in [-0.2, 0) is 6.18 Å². The first-order valence-electron chi connectivity index (χ1n) is 7.78. The van der Waals surface area contributed by atoms with Gasteiger partial charge in [0.05, 0.1) is 5.56 Å². The molecule has 0 fully saturated rings. The molecule has 0 spiro atoms. The van der Waals surface area contributed by atoms with Gasteiger partial charge >= 0.3 is 6.18 Å². The normalized spacial score (nSPS) is 12.8. The van der Waals surface area contributed by atoms with Gasteiger partial charge in [0.15, 0.2) is 0 Å². The van der Waals surface area contributed by atoms with E-state index in [2.05, 4.69) is 0 Å². The Kier molecular flexibility index (Phi) is 3.61. The lowest BCUT2D eigenvalue weighted by molar-refractivity contribution is -0.137. The molecule has 0 amide bonds. The number of halogens is 3. The smallest absolute Gasteiger partial charge is 0.416 e. The number of ether oxygens (including phenoxy) is 1. The van der Waals surface area contributed by atoms with Crippen molar-refractivity contribution in [1.29, 1.82) is 0 Å². The maximum atomic E-state index is 12.7. The molecule has 0 radical (unpaired) electrons. The van der Waals surface area contributed by atoms with E-state index in [-0.39, 0.29) is 0 Å². The molecule has 0 N–H and O–H groups in total. The second-order valence-electron chi connectivity index (χ2n) is 5.77. The minimum atomic E-state index is -4.33. The topological polar surface area (TPSA) is 9.23 Å². The summed E-state index contributed by atoms with van der Waals surface area (Å²) in [5.41, 5.74) is 2.82. The quantitative estimate of drug-likeness (QED) is 0.390. The van der Waals surface area contributed by atoms with E-state index in [1.54, 1.807) is 0 Å². The number of hydrogen-bond acceptors (Lipinski definition) is 1. The average Bonchev–Trinajstić information content (AvgIpc) is 2.61. The minimum Gasteiger partial charge on any atom is -0.456 e. The summed E-state index contributed by atoms with van der Waals surface area (Å²) in [7, 11) is 0. The maximum absolute atomic E-state index is 12.7. The molecule has 1 heterocycles. The molecular weight excluding hydrogens is 325 g/mol. The zero-order chi connectivity index (χ0) is 17.4. The maximum Gasteiger partial charge on any atom is 0.416 e. The molecule has 1 nitrogen and oxygen atoms in total. The first-order valence-corrected chi connectivity index (χ1v) is 7.78. The molecule has 0 saturated carbocycles. The molecule has 124 valence electrons. The van der Waals surface area contributed by atoms with Gasteiger partial charge < -0.3 is 4.74 Å². The Hall–Kier alpha value is -3.01. The van der Waals surface area contributed by atoms with Gasteiger partial charge in [-0.15, -0.1) is 0 Å². The SMILES string of the molecule is FC(F)(F)c1ccc(C=C2c3ccccc3Oc3ccccc32)cc1. The average molecular weight is 338 g/mol. The summed E-state index contributed by atoms with van der Waals surface area (Å²) in [6, 6.07) is 20.4. The molecule has 3 aromatic carbocycles. The highest BCUT2D eigenvalue weighted by molar-refractivity contribution is 5.96. The van der Waals surface area contributed by atoms with E-state index in [4.69, 9.17) is 4.74 Å². The highest BCUT2D eigenvalue weighted by atomic mass is 19.4. The Morgan fingerprint density at radius 1 is 0.680 bits per heavy atom. The van der Waals surface area contributed by atoms with Crippen molar-refractivity contribution in [1.82, 2.24) is 0 Å². The summed E-state index contributed by atoms with van der Waals surface area (Å²) in [6.07, 6.45) is -2.44. The molecule has 0 atom stereocenters. The predicted molar refractivity (Wildman–Crippen MR) is 91.4 cm³/mol. The molecule has 25 heavy (non-hydrogen) atoms. The second-order valence-corrected chi connectivity index (χ2v) is 5.77. The fourth-order valence-corrected chi connectivity index (χ4v) is 2.91. The predicted octanol–water partition coefficient (Wildman–Crippen LogP) is 6.40. The van der Waals surface area contributed by atoms with Crippen molar-refractivity contribution in [3.05, 3.63) is 95.1 Å². The van der Waals surface area contributed by atoms with Crippen molar-refractivity contribution >= 4 is 11.6 Å². The van der Waals surface area contributed by atoms with E-state index >= 15 is 0 Å². The number of rotatable bonds is 1. The molecule has 0 aliphatic carbocycles. The lowest BCUT2D eigenvalue weighted by Gasteiger charge is -2.22. The van der Waals surface area contributed by atoms with Crippen LogP contribution in [0.15, 0.2) is 72.8 Å². The summed E-state index contributed by atoms with van der Waals surface area (Å²) < 4.78 is 44.1. The van der Waals surface area contributed by atoms with Crippen LogP contribution >= 0.6 is 0 Å². The number of para-hydroxylation sites is 2. The van der Waals surface area contributed by atoms with Crippen LogP contribution in [0.2, 0.25) is 0 Å². The Balaban J connectivity index is 1.83. The molecule has 3 aromatic rings. The first-order chi connectivity index (χ1) is 12.0. The van der Waals surface area contributed by atoms with Crippen molar-refractivity contribution in [3.8, 4) is 11.5 Å². The Bertz CT molecular complexity index is 906. The van der Waals surface area contributed by atoms with Gasteiger partial charge in [0.25, 0.3) is 0 Å². The van der Waals surface area contributed by atoms with Crippen LogP contribution in [0.3, 0.4) is 0 Å². The van der Waals surface area contributed by atoms with Gasteiger partial charge in [-0.3, -0.25) is 0 Å². The molecule has 0 unspecified atom stereocenters. The molecule has 0 bridgehead atoms. The summed E-state index contributed by atoms with van der Waals surface area (Å²) in [5, 5.41) is 0. The van der Waals surface area contributed by atoms with Gasteiger partial charge in [-0.2, -0.15) is 13.2 Å². The van der Waals surface area contributed by atoms with Crippen molar-refractivity contribution in [2.24, 2.45) is 0 Å². The summed E-state index contributed by atoms with van der Waals surface area (Å²) in [5.74, 6) is 1.47. The number of hydrogen-bond donors (Lipinski definition) is 0. The van der Waals surface area contributed by atoms with Crippen LogP contribution in [0.25, 0.3) is 11.6 Å². The second kappa shape index (κ2) is 5.81. The third-order valence-electron chi connectivity index (χ3n) is 4.12. The van der Waals surface area contributed by atoms with E-state index < -0.39 is 11.7 Å². The minimum absolute atomic E-state index is 0.651. The summed E-state index contributed by atoms with van der Waals surface area (Å²) in [6.45, 7) is 0. The lowest BCUT2D eigenvalue weighted by Crippen LogP contribution is -2.04. The van der Waals surface area contributed by atoms with Gasteiger partial charge in [-0.25, -0.2) is 0 Å². The van der Waals surface area contributed by atoms with Crippen molar-refractivity contribution < 1.29 is 17.9 Å². The van der Waals surface area contributed by atoms with E-state index in [0.29, 0.717) is 5.56 Å². The largest absolute Gasteiger partial charge is 0.456 e. The highest BCUT2D eigenvalue weighted by Gasteiger charge is 2.30. The van der Waals surface area contributed by atoms with Crippen LogP contribution in [0.4, 0.5) is 13.2 Å². The van der Waals surface area contributed by atoms with E-state index in [9.17, 15) is 13.2 Å². The molecule has 0 aromatic heterocycles. The number of fused-ring (bicyclic) bond motifs is 2.